The van der Waals surface area contributed by atoms with Crippen molar-refractivity contribution < 1.29 is 14.4 Å². The van der Waals surface area contributed by atoms with Crippen molar-refractivity contribution in [3.05, 3.63) is 66.2 Å². The van der Waals surface area contributed by atoms with Crippen molar-refractivity contribution in [2.45, 2.75) is 38.3 Å². The van der Waals surface area contributed by atoms with E-state index in [0.717, 1.165) is 11.3 Å². The van der Waals surface area contributed by atoms with E-state index < -0.39 is 5.54 Å². The lowest BCUT2D eigenvalue weighted by Crippen LogP contribution is -2.58. The van der Waals surface area contributed by atoms with Crippen molar-refractivity contribution in [1.29, 1.82) is 0 Å². The van der Waals surface area contributed by atoms with E-state index in [1.54, 1.807) is 9.80 Å². The predicted octanol–water partition coefficient (Wildman–Crippen LogP) is 2.73. The molecule has 2 aromatic carbocycles. The van der Waals surface area contributed by atoms with Gasteiger partial charge in [0, 0.05) is 25.3 Å². The van der Waals surface area contributed by atoms with Gasteiger partial charge in [0.05, 0.1) is 12.7 Å². The molecule has 0 saturated carbocycles. The summed E-state index contributed by atoms with van der Waals surface area (Å²) in [6.07, 6.45) is 1.05. The fourth-order valence-electron chi connectivity index (χ4n) is 4.95. The quantitative estimate of drug-likeness (QED) is 0.690. The third kappa shape index (κ3) is 4.71. The van der Waals surface area contributed by atoms with Crippen LogP contribution < -0.4 is 15.5 Å². The number of benzene rings is 2. The number of nitrogens with zero attached hydrogens (tertiary/aromatic N) is 3. The van der Waals surface area contributed by atoms with Crippen LogP contribution in [0.1, 0.15) is 38.3 Å². The van der Waals surface area contributed by atoms with Crippen molar-refractivity contribution in [3.63, 3.8) is 0 Å². The van der Waals surface area contributed by atoms with E-state index in [4.69, 9.17) is 0 Å². The summed E-state index contributed by atoms with van der Waals surface area (Å²) in [4.78, 5) is 44.4. The number of carbonyl (C=O) groups excluding carboxylic acids is 3. The van der Waals surface area contributed by atoms with E-state index in [1.165, 1.54) is 0 Å². The van der Waals surface area contributed by atoms with Gasteiger partial charge in [0.25, 0.3) is 5.91 Å². The second-order valence-corrected chi connectivity index (χ2v) is 8.96. The molecule has 4 amide bonds. The van der Waals surface area contributed by atoms with Gasteiger partial charge in [-0.15, -0.1) is 0 Å². The molecule has 1 unspecified atom stereocenters. The van der Waals surface area contributed by atoms with Gasteiger partial charge in [-0.3, -0.25) is 9.59 Å². The zero-order chi connectivity index (χ0) is 24.1. The molecule has 0 radical (unpaired) electrons. The summed E-state index contributed by atoms with van der Waals surface area (Å²) < 4.78 is 0. The Labute approximate surface area is 200 Å². The number of nitrogens with one attached hydrogen (secondary N) is 2. The van der Waals surface area contributed by atoms with Crippen molar-refractivity contribution >= 4 is 23.5 Å². The van der Waals surface area contributed by atoms with Gasteiger partial charge in [-0.1, -0.05) is 48.5 Å². The van der Waals surface area contributed by atoms with E-state index in [1.807, 2.05) is 74.5 Å². The van der Waals surface area contributed by atoms with Gasteiger partial charge in [0.2, 0.25) is 5.91 Å². The Morgan fingerprint density at radius 1 is 1.00 bits per heavy atom. The highest BCUT2D eigenvalue weighted by atomic mass is 16.2. The number of anilines is 1. The zero-order valence-electron chi connectivity index (χ0n) is 19.9. The number of para-hydroxylation sites is 1. The minimum absolute atomic E-state index is 0.00112. The summed E-state index contributed by atoms with van der Waals surface area (Å²) in [6.45, 7) is 5.73. The molecule has 1 spiro atoms. The maximum Gasteiger partial charge on any atom is 0.317 e. The van der Waals surface area contributed by atoms with Crippen molar-refractivity contribution in [3.8, 4) is 0 Å². The molecule has 2 saturated heterocycles. The number of likely N-dealkylation sites (tertiary alicyclic amines) is 1. The van der Waals surface area contributed by atoms with Crippen molar-refractivity contribution in [2.75, 3.05) is 37.7 Å². The molecule has 2 aliphatic heterocycles. The Kier molecular flexibility index (Phi) is 7.05. The van der Waals surface area contributed by atoms with Crippen LogP contribution in [0.3, 0.4) is 0 Å². The summed E-state index contributed by atoms with van der Waals surface area (Å²) in [5.74, 6) is -0.232. The fourth-order valence-corrected chi connectivity index (χ4v) is 4.95. The van der Waals surface area contributed by atoms with E-state index in [2.05, 4.69) is 15.5 Å². The molecule has 8 heteroatoms. The van der Waals surface area contributed by atoms with Gasteiger partial charge in [-0.05, 0) is 44.4 Å². The molecule has 8 nitrogen and oxygen atoms in total. The maximum atomic E-state index is 13.7. The number of carbonyl (C=O) groups is 3. The number of urea groups is 1. The topological polar surface area (TPSA) is 85.0 Å². The summed E-state index contributed by atoms with van der Waals surface area (Å²) in [5.41, 5.74) is 1.21. The lowest BCUT2D eigenvalue weighted by Gasteiger charge is -2.43. The first kappa shape index (κ1) is 23.6. The highest BCUT2D eigenvalue weighted by Gasteiger charge is 2.54. The molecule has 0 aromatic heterocycles. The second-order valence-electron chi connectivity index (χ2n) is 8.96. The first-order chi connectivity index (χ1) is 16.4. The molecule has 2 N–H and O–H groups in total. The van der Waals surface area contributed by atoms with Gasteiger partial charge in [-0.25, -0.2) is 4.79 Å². The van der Waals surface area contributed by atoms with Crippen LogP contribution in [0.5, 0.6) is 0 Å². The van der Waals surface area contributed by atoms with Crippen LogP contribution in [0, 0.1) is 0 Å². The molecular formula is C26H33N5O3. The van der Waals surface area contributed by atoms with Gasteiger partial charge in [0.1, 0.15) is 12.1 Å². The third-order valence-electron chi connectivity index (χ3n) is 6.80. The normalized spacial score (nSPS) is 18.2. The third-order valence-corrected chi connectivity index (χ3v) is 6.80. The molecule has 34 heavy (non-hydrogen) atoms. The molecule has 2 aromatic rings. The van der Waals surface area contributed by atoms with Crippen LogP contribution in [0.4, 0.5) is 10.5 Å². The Balaban J connectivity index is 1.49. The fraction of sp³-hybridized carbons (Fsp3) is 0.423. The Morgan fingerprint density at radius 3 is 2.24 bits per heavy atom. The molecule has 1 atom stereocenters. The molecule has 0 bridgehead atoms. The van der Waals surface area contributed by atoms with Gasteiger partial charge < -0.3 is 25.3 Å². The SMILES string of the molecule is CCNC(=O)N1CCC2(CC1)C(=O)N(CC(=O)NC(C)c1ccccc1)CN2c1ccccc1. The lowest BCUT2D eigenvalue weighted by molar-refractivity contribution is -0.137. The van der Waals surface area contributed by atoms with Crippen molar-refractivity contribution in [2.24, 2.45) is 0 Å². The average molecular weight is 464 g/mol. The summed E-state index contributed by atoms with van der Waals surface area (Å²) >= 11 is 0. The van der Waals surface area contributed by atoms with Gasteiger partial charge in [0.15, 0.2) is 0 Å². The molecule has 0 aliphatic carbocycles. The van der Waals surface area contributed by atoms with Crippen LogP contribution in [0.15, 0.2) is 60.7 Å². The van der Waals surface area contributed by atoms with Crippen LogP contribution in [0.2, 0.25) is 0 Å². The minimum atomic E-state index is -0.754. The summed E-state index contributed by atoms with van der Waals surface area (Å²) in [7, 11) is 0. The van der Waals surface area contributed by atoms with Gasteiger partial charge >= 0.3 is 6.03 Å². The second kappa shape index (κ2) is 10.2. The number of amides is 4. The zero-order valence-corrected chi connectivity index (χ0v) is 19.9. The first-order valence-corrected chi connectivity index (χ1v) is 11.9. The van der Waals surface area contributed by atoms with Gasteiger partial charge in [-0.2, -0.15) is 0 Å². The first-order valence-electron chi connectivity index (χ1n) is 11.9. The van der Waals surface area contributed by atoms with Crippen LogP contribution in [-0.2, 0) is 9.59 Å². The van der Waals surface area contributed by atoms with Crippen LogP contribution in [-0.4, -0.2) is 66.0 Å². The lowest BCUT2D eigenvalue weighted by atomic mass is 9.85. The Morgan fingerprint density at radius 2 is 1.62 bits per heavy atom. The standard InChI is InChI=1S/C26H33N5O3/c1-3-27-25(34)29-16-14-26(15-17-29)24(33)30(19-31(26)22-12-8-5-9-13-22)18-23(32)28-20(2)21-10-6-4-7-11-21/h4-13,20H,3,14-19H2,1-2H3,(H,27,34)(H,28,32). The monoisotopic (exact) mass is 463 g/mol. The molecule has 2 aliphatic rings. The Hall–Kier alpha value is -3.55. The van der Waals surface area contributed by atoms with Crippen LogP contribution >= 0.6 is 0 Å². The predicted molar refractivity (Wildman–Crippen MR) is 131 cm³/mol. The molecule has 2 fully saturated rings. The number of hydrogen-bond acceptors (Lipinski definition) is 4. The minimum Gasteiger partial charge on any atom is -0.348 e. The van der Waals surface area contributed by atoms with Crippen molar-refractivity contribution in [1.82, 2.24) is 20.4 Å². The average Bonchev–Trinajstić information content (AvgIpc) is 3.11. The highest BCUT2D eigenvalue weighted by molar-refractivity contribution is 5.96. The largest absolute Gasteiger partial charge is 0.348 e. The number of rotatable bonds is 6. The molecule has 4 rings (SSSR count). The number of piperidine rings is 1. The molecule has 180 valence electrons. The molecule has 2 heterocycles. The molecular weight excluding hydrogens is 430 g/mol. The maximum absolute atomic E-state index is 13.7. The Bertz CT molecular complexity index is 1010. The van der Waals surface area contributed by atoms with E-state index in [0.29, 0.717) is 39.1 Å². The van der Waals surface area contributed by atoms with E-state index >= 15 is 0 Å². The highest BCUT2D eigenvalue weighted by Crippen LogP contribution is 2.39. The summed E-state index contributed by atoms with van der Waals surface area (Å²) in [5, 5.41) is 5.85. The summed E-state index contributed by atoms with van der Waals surface area (Å²) in [6, 6.07) is 19.4. The van der Waals surface area contributed by atoms with E-state index in [-0.39, 0.29) is 30.4 Å². The number of hydrogen-bond donors (Lipinski definition) is 2. The van der Waals surface area contributed by atoms with Crippen LogP contribution in [0.25, 0.3) is 0 Å². The van der Waals surface area contributed by atoms with E-state index in [9.17, 15) is 14.4 Å². The smallest absolute Gasteiger partial charge is 0.317 e.